The van der Waals surface area contributed by atoms with Crippen LogP contribution in [0.3, 0.4) is 0 Å². The molecule has 1 aliphatic rings. The summed E-state index contributed by atoms with van der Waals surface area (Å²) in [6.45, 7) is 1.21. The van der Waals surface area contributed by atoms with E-state index in [1.54, 1.807) is 23.0 Å². The smallest absolute Gasteiger partial charge is 0.255 e. The monoisotopic (exact) mass is 365 g/mol. The van der Waals surface area contributed by atoms with Gasteiger partial charge in [-0.05, 0) is 49.2 Å². The zero-order valence-electron chi connectivity index (χ0n) is 14.8. The van der Waals surface area contributed by atoms with E-state index < -0.39 is 0 Å². The molecule has 1 N–H and O–H groups in total. The number of hydrogen-bond donors (Lipinski definition) is 1. The molecule has 138 valence electrons. The number of ether oxygens (including phenoxy) is 1. The fraction of sp³-hybridized carbons (Fsp3) is 0.238. The van der Waals surface area contributed by atoms with Crippen molar-refractivity contribution >= 4 is 5.91 Å². The number of halogens is 1. The molecule has 1 fully saturated rings. The van der Waals surface area contributed by atoms with Gasteiger partial charge in [0.25, 0.3) is 5.91 Å². The van der Waals surface area contributed by atoms with Gasteiger partial charge in [-0.1, -0.05) is 18.2 Å². The van der Waals surface area contributed by atoms with Crippen LogP contribution in [0.1, 0.15) is 23.2 Å². The van der Waals surface area contributed by atoms with Crippen LogP contribution in [0.2, 0.25) is 0 Å². The van der Waals surface area contributed by atoms with Gasteiger partial charge >= 0.3 is 0 Å². The summed E-state index contributed by atoms with van der Waals surface area (Å²) in [5.41, 5.74) is 2.50. The van der Waals surface area contributed by atoms with Crippen LogP contribution < -0.4 is 5.32 Å². The van der Waals surface area contributed by atoms with Crippen LogP contribution in [0.15, 0.2) is 60.8 Å². The second-order valence-corrected chi connectivity index (χ2v) is 6.52. The van der Waals surface area contributed by atoms with E-state index >= 15 is 0 Å². The number of carbonyl (C=O) groups excluding carboxylic acids is 1. The summed E-state index contributed by atoms with van der Waals surface area (Å²) in [6, 6.07) is 15.6. The minimum atomic E-state index is -0.328. The molecular weight excluding hydrogens is 345 g/mol. The quantitative estimate of drug-likeness (QED) is 0.752. The van der Waals surface area contributed by atoms with Crippen molar-refractivity contribution in [3.8, 4) is 16.9 Å². The number of hydrogen-bond acceptors (Lipinski definition) is 3. The molecule has 6 heteroatoms. The van der Waals surface area contributed by atoms with Gasteiger partial charge in [0.05, 0.1) is 17.4 Å². The molecule has 27 heavy (non-hydrogen) atoms. The summed E-state index contributed by atoms with van der Waals surface area (Å²) in [6.07, 6.45) is 3.74. The first-order valence-electron chi connectivity index (χ1n) is 9.01. The van der Waals surface area contributed by atoms with Crippen molar-refractivity contribution in [2.45, 2.75) is 18.9 Å². The number of para-hydroxylation sites is 1. The van der Waals surface area contributed by atoms with Crippen LogP contribution in [0.5, 0.6) is 0 Å². The lowest BCUT2D eigenvalue weighted by atomic mass is 10.1. The topological polar surface area (TPSA) is 56.1 Å². The van der Waals surface area contributed by atoms with E-state index in [9.17, 15) is 9.18 Å². The van der Waals surface area contributed by atoms with Crippen LogP contribution in [0.4, 0.5) is 4.39 Å². The van der Waals surface area contributed by atoms with Crippen molar-refractivity contribution in [1.29, 1.82) is 0 Å². The molecule has 5 nitrogen and oxygen atoms in total. The molecule has 1 amide bonds. The number of carbonyl (C=O) groups is 1. The predicted molar refractivity (Wildman–Crippen MR) is 100 cm³/mol. The largest absolute Gasteiger partial charge is 0.376 e. The van der Waals surface area contributed by atoms with Crippen molar-refractivity contribution in [3.63, 3.8) is 0 Å². The van der Waals surface area contributed by atoms with Gasteiger partial charge in [-0.3, -0.25) is 4.79 Å². The number of nitrogens with zero attached hydrogens (tertiary/aromatic N) is 2. The van der Waals surface area contributed by atoms with E-state index in [0.717, 1.165) is 25.1 Å². The Balaban J connectivity index is 1.66. The Morgan fingerprint density at radius 3 is 2.67 bits per heavy atom. The lowest BCUT2D eigenvalue weighted by Crippen LogP contribution is -2.31. The minimum absolute atomic E-state index is 0.0624. The number of amides is 1. The molecule has 0 radical (unpaired) electrons. The number of nitrogens with one attached hydrogen (secondary N) is 1. The van der Waals surface area contributed by atoms with Crippen molar-refractivity contribution in [1.82, 2.24) is 15.1 Å². The van der Waals surface area contributed by atoms with Crippen molar-refractivity contribution in [2.24, 2.45) is 0 Å². The zero-order chi connectivity index (χ0) is 18.6. The molecule has 0 bridgehead atoms. The summed E-state index contributed by atoms with van der Waals surface area (Å²) >= 11 is 0. The van der Waals surface area contributed by atoms with Crippen LogP contribution in [0.25, 0.3) is 16.9 Å². The number of rotatable bonds is 5. The van der Waals surface area contributed by atoms with Gasteiger partial charge in [0.1, 0.15) is 11.5 Å². The van der Waals surface area contributed by atoms with Gasteiger partial charge in [-0.2, -0.15) is 5.10 Å². The lowest BCUT2D eigenvalue weighted by molar-refractivity contribution is 0.0858. The van der Waals surface area contributed by atoms with Gasteiger partial charge < -0.3 is 10.1 Å². The van der Waals surface area contributed by atoms with Gasteiger partial charge in [0, 0.05) is 24.9 Å². The van der Waals surface area contributed by atoms with E-state index in [2.05, 4.69) is 10.4 Å². The lowest BCUT2D eigenvalue weighted by Gasteiger charge is -2.10. The Hall–Kier alpha value is -2.99. The Labute approximate surface area is 156 Å². The fourth-order valence-corrected chi connectivity index (χ4v) is 3.18. The fourth-order valence-electron chi connectivity index (χ4n) is 3.18. The summed E-state index contributed by atoms with van der Waals surface area (Å²) < 4.78 is 20.5. The standard InChI is InChI=1S/C21H20FN3O2/c22-16-10-8-15(9-11-16)20-19(21(26)23-13-18-7-4-12-27-18)14-25(24-20)17-5-2-1-3-6-17/h1-3,5-6,8-11,14,18H,4,7,12-13H2,(H,23,26)/t18-/m0/s1. The van der Waals surface area contributed by atoms with Crippen molar-refractivity contribution in [3.05, 3.63) is 72.2 Å². The molecule has 2 heterocycles. The maximum absolute atomic E-state index is 13.3. The van der Waals surface area contributed by atoms with E-state index in [0.29, 0.717) is 23.4 Å². The summed E-state index contributed by atoms with van der Waals surface area (Å²) in [5, 5.41) is 7.52. The molecule has 4 rings (SSSR count). The summed E-state index contributed by atoms with van der Waals surface area (Å²) in [7, 11) is 0. The third kappa shape index (κ3) is 3.90. The van der Waals surface area contributed by atoms with Crippen molar-refractivity contribution < 1.29 is 13.9 Å². The third-order valence-corrected chi connectivity index (χ3v) is 4.61. The minimum Gasteiger partial charge on any atom is -0.376 e. The molecule has 3 aromatic rings. The van der Waals surface area contributed by atoms with Crippen LogP contribution >= 0.6 is 0 Å². The Morgan fingerprint density at radius 1 is 1.19 bits per heavy atom. The van der Waals surface area contributed by atoms with Crippen LogP contribution in [-0.4, -0.2) is 34.9 Å². The molecule has 0 unspecified atom stereocenters. The van der Waals surface area contributed by atoms with Crippen molar-refractivity contribution in [2.75, 3.05) is 13.2 Å². The Bertz CT molecular complexity index is 916. The number of aromatic nitrogens is 2. The average molecular weight is 365 g/mol. The molecular formula is C21H20FN3O2. The van der Waals surface area contributed by atoms with E-state index in [-0.39, 0.29) is 17.8 Å². The second-order valence-electron chi connectivity index (χ2n) is 6.52. The first-order valence-corrected chi connectivity index (χ1v) is 9.01. The molecule has 0 spiro atoms. The molecule has 1 aromatic heterocycles. The van der Waals surface area contributed by atoms with Gasteiger partial charge in [-0.25, -0.2) is 9.07 Å². The second kappa shape index (κ2) is 7.72. The average Bonchev–Trinajstić information content (AvgIpc) is 3.37. The zero-order valence-corrected chi connectivity index (χ0v) is 14.8. The summed E-state index contributed by atoms with van der Waals surface area (Å²) in [5.74, 6) is -0.544. The van der Waals surface area contributed by atoms with E-state index in [1.165, 1.54) is 12.1 Å². The van der Waals surface area contributed by atoms with Crippen LogP contribution in [-0.2, 0) is 4.74 Å². The highest BCUT2D eigenvalue weighted by Crippen LogP contribution is 2.24. The molecule has 0 aliphatic carbocycles. The Morgan fingerprint density at radius 2 is 1.96 bits per heavy atom. The molecule has 1 atom stereocenters. The predicted octanol–water partition coefficient (Wildman–Crippen LogP) is 3.59. The Kier molecular flexibility index (Phi) is 4.98. The first kappa shape index (κ1) is 17.4. The number of benzene rings is 2. The first-order chi connectivity index (χ1) is 13.2. The van der Waals surface area contributed by atoms with E-state index in [1.807, 2.05) is 30.3 Å². The van der Waals surface area contributed by atoms with Crippen LogP contribution in [0, 0.1) is 5.82 Å². The highest BCUT2D eigenvalue weighted by atomic mass is 19.1. The van der Waals surface area contributed by atoms with Gasteiger partial charge in [0.15, 0.2) is 0 Å². The normalized spacial score (nSPS) is 16.4. The van der Waals surface area contributed by atoms with E-state index in [4.69, 9.17) is 4.74 Å². The molecule has 0 saturated carbocycles. The molecule has 1 saturated heterocycles. The SMILES string of the molecule is O=C(NC[C@@H]1CCCO1)c1cn(-c2ccccc2)nc1-c1ccc(F)cc1. The summed E-state index contributed by atoms with van der Waals surface area (Å²) in [4.78, 5) is 12.8. The van der Waals surface area contributed by atoms with Gasteiger partial charge in [0.2, 0.25) is 0 Å². The van der Waals surface area contributed by atoms with Gasteiger partial charge in [-0.15, -0.1) is 0 Å². The highest BCUT2D eigenvalue weighted by Gasteiger charge is 2.21. The maximum atomic E-state index is 13.3. The maximum Gasteiger partial charge on any atom is 0.255 e. The third-order valence-electron chi connectivity index (χ3n) is 4.61. The highest BCUT2D eigenvalue weighted by molar-refractivity contribution is 5.99. The molecule has 2 aromatic carbocycles. The molecule has 1 aliphatic heterocycles.